The van der Waals surface area contributed by atoms with Crippen molar-refractivity contribution in [2.24, 2.45) is 0 Å². The van der Waals surface area contributed by atoms with Gasteiger partial charge in [0.15, 0.2) is 0 Å². The van der Waals surface area contributed by atoms with Crippen LogP contribution in [0.1, 0.15) is 5.56 Å². The van der Waals surface area contributed by atoms with E-state index in [0.717, 1.165) is 5.56 Å². The number of carbonyl (C=O) groups is 2. The summed E-state index contributed by atoms with van der Waals surface area (Å²) in [5.41, 5.74) is 0.916. The minimum absolute atomic E-state index is 0.199. The fourth-order valence-corrected chi connectivity index (χ4v) is 1.38. The second-order valence-corrected chi connectivity index (χ2v) is 4.05. The number of ether oxygens (including phenoxy) is 3. The smallest absolute Gasteiger partial charge is 0.407 e. The molecule has 1 aromatic carbocycles. The number of nitrogens with one attached hydrogen (secondary N) is 1. The number of carboxylic acid groups (broad SMARTS) is 1. The number of aliphatic carboxylic acids is 1. The third-order valence-corrected chi connectivity index (χ3v) is 2.33. The summed E-state index contributed by atoms with van der Waals surface area (Å²) in [5, 5.41) is 10.9. The Morgan fingerprint density at radius 2 is 1.76 bits per heavy atom. The van der Waals surface area contributed by atoms with E-state index in [1.165, 1.54) is 0 Å². The Morgan fingerprint density at radius 3 is 2.48 bits per heavy atom. The molecular formula is C14H19NO6. The quantitative estimate of drug-likeness (QED) is 0.626. The van der Waals surface area contributed by atoms with E-state index in [2.05, 4.69) is 5.32 Å². The van der Waals surface area contributed by atoms with E-state index in [-0.39, 0.29) is 26.4 Å². The summed E-state index contributed by atoms with van der Waals surface area (Å²) in [5.74, 6) is -1.02. The van der Waals surface area contributed by atoms with Gasteiger partial charge >= 0.3 is 12.1 Å². The van der Waals surface area contributed by atoms with Crippen molar-refractivity contribution in [2.75, 3.05) is 33.0 Å². The lowest BCUT2D eigenvalue weighted by Crippen LogP contribution is -2.28. The van der Waals surface area contributed by atoms with E-state index in [1.807, 2.05) is 30.3 Å². The molecule has 0 aromatic heterocycles. The van der Waals surface area contributed by atoms with Crippen molar-refractivity contribution in [1.82, 2.24) is 5.32 Å². The van der Waals surface area contributed by atoms with Gasteiger partial charge in [0.05, 0.1) is 19.8 Å². The van der Waals surface area contributed by atoms with Crippen molar-refractivity contribution < 1.29 is 28.9 Å². The fourth-order valence-electron chi connectivity index (χ4n) is 1.38. The molecule has 0 saturated carbocycles. The summed E-state index contributed by atoms with van der Waals surface area (Å²) in [6.07, 6.45) is -0.510. The van der Waals surface area contributed by atoms with Crippen LogP contribution in [0.25, 0.3) is 0 Å². The van der Waals surface area contributed by atoms with Gasteiger partial charge in [-0.1, -0.05) is 30.3 Å². The zero-order valence-electron chi connectivity index (χ0n) is 11.6. The maximum Gasteiger partial charge on any atom is 0.407 e. The number of carbonyl (C=O) groups excluding carboxylic acids is 1. The van der Waals surface area contributed by atoms with Gasteiger partial charge in [-0.3, -0.25) is 0 Å². The number of alkyl carbamates (subject to hydrolysis) is 1. The van der Waals surface area contributed by atoms with E-state index >= 15 is 0 Å². The number of rotatable bonds is 10. The van der Waals surface area contributed by atoms with Gasteiger partial charge < -0.3 is 24.6 Å². The molecule has 0 spiro atoms. The van der Waals surface area contributed by atoms with Gasteiger partial charge in [-0.15, -0.1) is 0 Å². The molecule has 1 rings (SSSR count). The summed E-state index contributed by atoms with van der Waals surface area (Å²) in [6.45, 7) is 0.964. The SMILES string of the molecule is O=C(O)COCCOCCNC(=O)OCc1ccccc1. The summed E-state index contributed by atoms with van der Waals surface area (Å²) < 4.78 is 14.9. The highest BCUT2D eigenvalue weighted by Crippen LogP contribution is 2.00. The van der Waals surface area contributed by atoms with Crippen LogP contribution >= 0.6 is 0 Å². The molecule has 7 heteroatoms. The normalized spacial score (nSPS) is 10.1. The topological polar surface area (TPSA) is 94.1 Å². The predicted molar refractivity (Wildman–Crippen MR) is 73.9 cm³/mol. The van der Waals surface area contributed by atoms with Crippen molar-refractivity contribution in [3.63, 3.8) is 0 Å². The molecule has 0 bridgehead atoms. The van der Waals surface area contributed by atoms with Gasteiger partial charge in [-0.2, -0.15) is 0 Å². The number of benzene rings is 1. The Balaban J connectivity index is 1.93. The average molecular weight is 297 g/mol. The summed E-state index contributed by atoms with van der Waals surface area (Å²) >= 11 is 0. The first-order chi connectivity index (χ1) is 10.2. The van der Waals surface area contributed by atoms with Crippen LogP contribution in [0, 0.1) is 0 Å². The molecule has 21 heavy (non-hydrogen) atoms. The van der Waals surface area contributed by atoms with Crippen LogP contribution in [0.5, 0.6) is 0 Å². The van der Waals surface area contributed by atoms with Crippen molar-refractivity contribution in [1.29, 1.82) is 0 Å². The third kappa shape index (κ3) is 9.42. The molecule has 7 nitrogen and oxygen atoms in total. The Morgan fingerprint density at radius 1 is 1.05 bits per heavy atom. The van der Waals surface area contributed by atoms with Gasteiger partial charge in [0, 0.05) is 6.54 Å². The largest absolute Gasteiger partial charge is 0.480 e. The van der Waals surface area contributed by atoms with E-state index in [1.54, 1.807) is 0 Å². The van der Waals surface area contributed by atoms with Crippen LogP contribution in [-0.4, -0.2) is 50.1 Å². The van der Waals surface area contributed by atoms with Crippen LogP contribution in [0.2, 0.25) is 0 Å². The van der Waals surface area contributed by atoms with Gasteiger partial charge in [0.1, 0.15) is 13.2 Å². The molecule has 0 aliphatic heterocycles. The number of amides is 1. The molecule has 0 saturated heterocycles. The molecule has 1 amide bonds. The van der Waals surface area contributed by atoms with Crippen molar-refractivity contribution in [3.8, 4) is 0 Å². The molecular weight excluding hydrogens is 278 g/mol. The zero-order valence-corrected chi connectivity index (χ0v) is 11.6. The molecule has 116 valence electrons. The first-order valence-electron chi connectivity index (χ1n) is 6.50. The molecule has 1 aromatic rings. The highest BCUT2D eigenvalue weighted by atomic mass is 16.6. The van der Waals surface area contributed by atoms with Crippen LogP contribution in [0.4, 0.5) is 4.79 Å². The molecule has 0 aliphatic carbocycles. The van der Waals surface area contributed by atoms with Crippen LogP contribution in [0.3, 0.4) is 0 Å². The van der Waals surface area contributed by atoms with Crippen molar-refractivity contribution >= 4 is 12.1 Å². The lowest BCUT2D eigenvalue weighted by molar-refractivity contribution is -0.142. The molecule has 2 N–H and O–H groups in total. The third-order valence-electron chi connectivity index (χ3n) is 2.33. The molecule has 0 aliphatic rings. The van der Waals surface area contributed by atoms with Gasteiger partial charge in [-0.25, -0.2) is 9.59 Å². The average Bonchev–Trinajstić information content (AvgIpc) is 2.48. The maximum atomic E-state index is 11.3. The van der Waals surface area contributed by atoms with Gasteiger partial charge in [0.25, 0.3) is 0 Å². The standard InChI is InChI=1S/C14H19NO6/c16-13(17)11-20-9-8-19-7-6-15-14(18)21-10-12-4-2-1-3-5-12/h1-5H,6-11H2,(H,15,18)(H,16,17). The monoisotopic (exact) mass is 297 g/mol. The Bertz CT molecular complexity index is 423. The number of hydrogen-bond acceptors (Lipinski definition) is 5. The predicted octanol–water partition coefficient (Wildman–Crippen LogP) is 1.03. The minimum atomic E-state index is -1.02. The van der Waals surface area contributed by atoms with Crippen molar-refractivity contribution in [3.05, 3.63) is 35.9 Å². The van der Waals surface area contributed by atoms with E-state index < -0.39 is 12.1 Å². The first-order valence-corrected chi connectivity index (χ1v) is 6.50. The van der Waals surface area contributed by atoms with Crippen LogP contribution in [-0.2, 0) is 25.6 Å². The summed E-state index contributed by atoms with van der Waals surface area (Å²) in [4.78, 5) is 21.5. The molecule has 0 fully saturated rings. The van der Waals surface area contributed by atoms with E-state index in [9.17, 15) is 9.59 Å². The van der Waals surface area contributed by atoms with Gasteiger partial charge in [-0.05, 0) is 5.56 Å². The lowest BCUT2D eigenvalue weighted by Gasteiger charge is -2.07. The molecule has 0 unspecified atom stereocenters. The summed E-state index contributed by atoms with van der Waals surface area (Å²) in [7, 11) is 0. The van der Waals surface area contributed by atoms with Crippen LogP contribution in [0.15, 0.2) is 30.3 Å². The minimum Gasteiger partial charge on any atom is -0.480 e. The zero-order chi connectivity index (χ0) is 15.3. The van der Waals surface area contributed by atoms with E-state index in [0.29, 0.717) is 13.2 Å². The second kappa shape index (κ2) is 10.6. The Labute approximate surface area is 122 Å². The molecule has 0 heterocycles. The number of hydrogen-bond donors (Lipinski definition) is 2. The fraction of sp³-hybridized carbons (Fsp3) is 0.429. The maximum absolute atomic E-state index is 11.3. The van der Waals surface area contributed by atoms with Gasteiger partial charge in [0.2, 0.25) is 0 Å². The van der Waals surface area contributed by atoms with Crippen molar-refractivity contribution in [2.45, 2.75) is 6.61 Å². The van der Waals surface area contributed by atoms with Crippen LogP contribution < -0.4 is 5.32 Å². The van der Waals surface area contributed by atoms with E-state index in [4.69, 9.17) is 19.3 Å². The molecule has 0 atom stereocenters. The summed E-state index contributed by atoms with van der Waals surface area (Å²) in [6, 6.07) is 9.37. The highest BCUT2D eigenvalue weighted by Gasteiger charge is 2.01. The first kappa shape index (κ1) is 16.9. The molecule has 0 radical (unpaired) electrons. The lowest BCUT2D eigenvalue weighted by atomic mass is 10.2. The second-order valence-electron chi connectivity index (χ2n) is 4.05. The highest BCUT2D eigenvalue weighted by molar-refractivity contribution is 5.68. The Hall–Kier alpha value is -2.12. The Kier molecular flexibility index (Phi) is 8.58. The number of carboxylic acids is 1.